The summed E-state index contributed by atoms with van der Waals surface area (Å²) in [5.41, 5.74) is -0.0701. The number of carboxylic acid groups (broad SMARTS) is 1. The molecular weight excluding hydrogens is 294 g/mol. The Morgan fingerprint density at radius 1 is 1.42 bits per heavy atom. The van der Waals surface area contributed by atoms with Gasteiger partial charge < -0.3 is 15.7 Å². The van der Waals surface area contributed by atoms with Crippen LogP contribution in [0, 0.1) is 0 Å². The number of aromatic carboxylic acids is 1. The van der Waals surface area contributed by atoms with E-state index in [0.29, 0.717) is 5.01 Å². The summed E-state index contributed by atoms with van der Waals surface area (Å²) in [5, 5.41) is 15.3. The van der Waals surface area contributed by atoms with Crippen LogP contribution in [0.25, 0.3) is 0 Å². The predicted molar refractivity (Wildman–Crippen MR) is 69.0 cm³/mol. The van der Waals surface area contributed by atoms with Crippen molar-refractivity contribution in [2.75, 3.05) is 18.6 Å². The number of rotatable bonds is 6. The zero-order chi connectivity index (χ0) is 14.5. The van der Waals surface area contributed by atoms with Crippen molar-refractivity contribution in [3.63, 3.8) is 0 Å². The molecule has 1 rings (SSSR count). The number of nitrogens with zero attached hydrogens (tertiary/aromatic N) is 1. The summed E-state index contributed by atoms with van der Waals surface area (Å²) >= 11 is 1.12. The Morgan fingerprint density at radius 3 is 2.63 bits per heavy atom. The summed E-state index contributed by atoms with van der Waals surface area (Å²) in [4.78, 5) is 25.6. The zero-order valence-corrected chi connectivity index (χ0v) is 11.7. The topological polar surface area (TPSA) is 125 Å². The van der Waals surface area contributed by atoms with Gasteiger partial charge in [0.2, 0.25) is 0 Å². The summed E-state index contributed by atoms with van der Waals surface area (Å²) < 4.78 is 21.6. The van der Waals surface area contributed by atoms with Gasteiger partial charge in [0.25, 0.3) is 0 Å². The number of nitrogens with one attached hydrogen (secondary N) is 2. The summed E-state index contributed by atoms with van der Waals surface area (Å²) in [6, 6.07) is -0.532. The second-order valence-corrected chi connectivity index (χ2v) is 6.87. The highest BCUT2D eigenvalue weighted by atomic mass is 32.2. The number of hydrogen-bond donors (Lipinski definition) is 3. The number of urea groups is 1. The summed E-state index contributed by atoms with van der Waals surface area (Å²) in [5.74, 6) is -1.26. The minimum Gasteiger partial charge on any atom is -0.476 e. The van der Waals surface area contributed by atoms with Crippen LogP contribution in [0.5, 0.6) is 0 Å². The molecule has 0 bridgehead atoms. The molecule has 8 nitrogen and oxygen atoms in total. The summed E-state index contributed by atoms with van der Waals surface area (Å²) in [6.45, 7) is 0.103. The molecule has 0 aliphatic heterocycles. The maximum atomic E-state index is 11.3. The van der Waals surface area contributed by atoms with Gasteiger partial charge in [0.05, 0.1) is 12.3 Å². The molecule has 2 amide bonds. The molecule has 1 aromatic heterocycles. The number of hydrogen-bond acceptors (Lipinski definition) is 6. The van der Waals surface area contributed by atoms with Gasteiger partial charge >= 0.3 is 12.0 Å². The number of aromatic nitrogens is 1. The van der Waals surface area contributed by atoms with Crippen molar-refractivity contribution in [3.05, 3.63) is 16.1 Å². The third-order valence-electron chi connectivity index (χ3n) is 1.93. The number of sulfone groups is 1. The van der Waals surface area contributed by atoms with Gasteiger partial charge in [-0.05, 0) is 0 Å². The Kier molecular flexibility index (Phi) is 5.24. The van der Waals surface area contributed by atoms with E-state index < -0.39 is 21.8 Å². The smallest absolute Gasteiger partial charge is 0.355 e. The lowest BCUT2D eigenvalue weighted by Gasteiger charge is -2.05. The van der Waals surface area contributed by atoms with Crippen LogP contribution >= 0.6 is 11.3 Å². The maximum Gasteiger partial charge on any atom is 0.355 e. The SMILES string of the molecule is CS(=O)(=O)CCNC(=O)NCc1nc(C(=O)O)cs1. The number of carboxylic acids is 1. The fourth-order valence-electron chi connectivity index (χ4n) is 1.06. The average Bonchev–Trinajstić information content (AvgIpc) is 2.73. The lowest BCUT2D eigenvalue weighted by molar-refractivity contribution is 0.0691. The van der Waals surface area contributed by atoms with Gasteiger partial charge in [0.15, 0.2) is 5.69 Å². The van der Waals surface area contributed by atoms with Crippen molar-refractivity contribution in [1.29, 1.82) is 0 Å². The van der Waals surface area contributed by atoms with Crippen molar-refractivity contribution in [2.45, 2.75) is 6.54 Å². The maximum absolute atomic E-state index is 11.3. The monoisotopic (exact) mass is 307 g/mol. The predicted octanol–water partition coefficient (Wildman–Crippen LogP) is -0.315. The van der Waals surface area contributed by atoms with Crippen molar-refractivity contribution in [3.8, 4) is 0 Å². The molecule has 0 aromatic carbocycles. The first-order valence-electron chi connectivity index (χ1n) is 5.15. The van der Waals surface area contributed by atoms with Gasteiger partial charge in [-0.15, -0.1) is 11.3 Å². The van der Waals surface area contributed by atoms with Crippen molar-refractivity contribution < 1.29 is 23.1 Å². The van der Waals surface area contributed by atoms with Gasteiger partial charge in [-0.1, -0.05) is 0 Å². The third-order valence-corrected chi connectivity index (χ3v) is 3.72. The second kappa shape index (κ2) is 6.48. The third kappa shape index (κ3) is 6.15. The highest BCUT2D eigenvalue weighted by Gasteiger charge is 2.09. The standard InChI is InChI=1S/C9H13N3O5S2/c1-19(16,17)3-2-10-9(15)11-4-7-12-6(5-18-7)8(13)14/h5H,2-4H2,1H3,(H,13,14)(H2,10,11,15). The molecule has 1 aromatic rings. The Morgan fingerprint density at radius 2 is 2.11 bits per heavy atom. The Labute approximate surface area is 113 Å². The Bertz CT molecular complexity index is 566. The van der Waals surface area contributed by atoms with Gasteiger partial charge in [0.1, 0.15) is 14.8 Å². The lowest BCUT2D eigenvalue weighted by atomic mass is 10.5. The molecule has 1 heterocycles. The van der Waals surface area contributed by atoms with Gasteiger partial charge in [0, 0.05) is 18.2 Å². The van der Waals surface area contributed by atoms with Crippen molar-refractivity contribution >= 4 is 33.2 Å². The van der Waals surface area contributed by atoms with E-state index in [1.54, 1.807) is 0 Å². The molecule has 0 spiro atoms. The van der Waals surface area contributed by atoms with Gasteiger partial charge in [-0.2, -0.15) is 0 Å². The first-order chi connectivity index (χ1) is 8.78. The molecular formula is C9H13N3O5S2. The average molecular weight is 307 g/mol. The van der Waals surface area contributed by atoms with Crippen LogP contribution in [0.1, 0.15) is 15.5 Å². The largest absolute Gasteiger partial charge is 0.476 e. The van der Waals surface area contributed by atoms with E-state index in [1.807, 2.05) is 0 Å². The minimum absolute atomic E-state index is 0.0168. The number of amides is 2. The van der Waals surface area contributed by atoms with Gasteiger partial charge in [-0.25, -0.2) is 23.0 Å². The number of thiazole rings is 1. The van der Waals surface area contributed by atoms with Gasteiger partial charge in [-0.3, -0.25) is 0 Å². The van der Waals surface area contributed by atoms with Crippen LogP contribution in [0.15, 0.2) is 5.38 Å². The van der Waals surface area contributed by atoms with E-state index in [2.05, 4.69) is 15.6 Å². The van der Waals surface area contributed by atoms with E-state index in [1.165, 1.54) is 5.38 Å². The molecule has 106 valence electrons. The number of carbonyl (C=O) groups excluding carboxylic acids is 1. The van der Waals surface area contributed by atoms with Crippen LogP contribution in [-0.4, -0.2) is 49.1 Å². The highest BCUT2D eigenvalue weighted by Crippen LogP contribution is 2.08. The van der Waals surface area contributed by atoms with E-state index >= 15 is 0 Å². The van der Waals surface area contributed by atoms with Crippen LogP contribution in [-0.2, 0) is 16.4 Å². The van der Waals surface area contributed by atoms with E-state index in [0.717, 1.165) is 17.6 Å². The molecule has 0 aliphatic rings. The molecule has 3 N–H and O–H groups in total. The fraction of sp³-hybridized carbons (Fsp3) is 0.444. The lowest BCUT2D eigenvalue weighted by Crippen LogP contribution is -2.37. The molecule has 10 heteroatoms. The fourth-order valence-corrected chi connectivity index (χ4v) is 2.24. The van der Waals surface area contributed by atoms with E-state index in [4.69, 9.17) is 5.11 Å². The summed E-state index contributed by atoms with van der Waals surface area (Å²) in [6.07, 6.45) is 1.08. The molecule has 0 atom stereocenters. The minimum atomic E-state index is -3.11. The molecule has 0 saturated carbocycles. The Balaban J connectivity index is 2.31. The van der Waals surface area contributed by atoms with Crippen LogP contribution in [0.2, 0.25) is 0 Å². The van der Waals surface area contributed by atoms with Crippen LogP contribution in [0.4, 0.5) is 4.79 Å². The molecule has 19 heavy (non-hydrogen) atoms. The first kappa shape index (κ1) is 15.4. The highest BCUT2D eigenvalue weighted by molar-refractivity contribution is 7.90. The first-order valence-corrected chi connectivity index (χ1v) is 8.09. The van der Waals surface area contributed by atoms with E-state index in [-0.39, 0.29) is 24.5 Å². The quantitative estimate of drug-likeness (QED) is 0.661. The normalized spacial score (nSPS) is 11.0. The molecule has 0 radical (unpaired) electrons. The van der Waals surface area contributed by atoms with Crippen molar-refractivity contribution in [2.24, 2.45) is 0 Å². The Hall–Kier alpha value is -1.68. The zero-order valence-electron chi connectivity index (χ0n) is 10.0. The summed E-state index contributed by atoms with van der Waals surface area (Å²) in [7, 11) is -3.11. The number of carbonyl (C=O) groups is 2. The van der Waals surface area contributed by atoms with Crippen molar-refractivity contribution in [1.82, 2.24) is 15.6 Å². The molecule has 0 fully saturated rings. The molecule has 0 saturated heterocycles. The van der Waals surface area contributed by atoms with E-state index in [9.17, 15) is 18.0 Å². The van der Waals surface area contributed by atoms with Crippen LogP contribution in [0.3, 0.4) is 0 Å². The molecule has 0 unspecified atom stereocenters. The van der Waals surface area contributed by atoms with Crippen LogP contribution < -0.4 is 10.6 Å². The second-order valence-electron chi connectivity index (χ2n) is 3.67. The molecule has 0 aliphatic carbocycles.